The number of benzene rings is 1. The van der Waals surface area contributed by atoms with Crippen molar-refractivity contribution in [3.05, 3.63) is 41.2 Å². The Kier molecular flexibility index (Phi) is 10.0. The second-order valence-electron chi connectivity index (χ2n) is 7.42. The van der Waals surface area contributed by atoms with Crippen LogP contribution in [0.2, 0.25) is 0 Å². The van der Waals surface area contributed by atoms with E-state index in [1.165, 1.54) is 7.05 Å². The van der Waals surface area contributed by atoms with Gasteiger partial charge in [-0.05, 0) is 58.0 Å². The third-order valence-corrected chi connectivity index (χ3v) is 5.30. The molecule has 174 valence electrons. The highest BCUT2D eigenvalue weighted by molar-refractivity contribution is 5.83. The number of amides is 1. The standard InChI is InChI=1S/C22H30N6O2.CH5N/c1-4-18-21(28-11-6-12-28)27-20(19(14-29)26-18)25-17-8-5-7-16(13-17)9-10-24-22(30)15(2)23-3;1-2/h5,7-8,13-15,23H,4,6,9-12H2,1-3H3,(H,24,30)(H,25,27);2H2,1H3. The lowest BCUT2D eigenvalue weighted by atomic mass is 10.1. The molecule has 0 aliphatic carbocycles. The molecule has 1 aliphatic heterocycles. The molecule has 1 atom stereocenters. The minimum Gasteiger partial charge on any atom is -0.355 e. The van der Waals surface area contributed by atoms with Crippen molar-refractivity contribution in [1.82, 2.24) is 20.6 Å². The molecule has 0 bridgehead atoms. The monoisotopic (exact) mass is 441 g/mol. The van der Waals surface area contributed by atoms with Gasteiger partial charge in [0.1, 0.15) is 5.69 Å². The molecule has 1 aliphatic rings. The van der Waals surface area contributed by atoms with Gasteiger partial charge in [0.25, 0.3) is 0 Å². The maximum atomic E-state index is 11.9. The van der Waals surface area contributed by atoms with E-state index in [-0.39, 0.29) is 11.9 Å². The smallest absolute Gasteiger partial charge is 0.236 e. The Morgan fingerprint density at radius 3 is 2.62 bits per heavy atom. The third kappa shape index (κ3) is 6.48. The Labute approximate surface area is 190 Å². The van der Waals surface area contributed by atoms with Gasteiger partial charge >= 0.3 is 0 Å². The van der Waals surface area contributed by atoms with Crippen LogP contribution < -0.4 is 26.6 Å². The molecule has 0 spiro atoms. The first-order valence-corrected chi connectivity index (χ1v) is 11.1. The van der Waals surface area contributed by atoms with Crippen LogP contribution in [0.5, 0.6) is 0 Å². The molecule has 2 heterocycles. The topological polar surface area (TPSA) is 125 Å². The van der Waals surface area contributed by atoms with Gasteiger partial charge in [-0.2, -0.15) is 0 Å². The zero-order valence-electron chi connectivity index (χ0n) is 19.4. The lowest BCUT2D eigenvalue weighted by Crippen LogP contribution is -2.41. The zero-order valence-corrected chi connectivity index (χ0v) is 19.4. The number of aromatic nitrogens is 2. The molecule has 1 fully saturated rings. The van der Waals surface area contributed by atoms with E-state index in [2.05, 4.69) is 31.6 Å². The number of carbonyl (C=O) groups is 2. The van der Waals surface area contributed by atoms with Crippen LogP contribution in [0.15, 0.2) is 24.3 Å². The van der Waals surface area contributed by atoms with Crippen molar-refractivity contribution < 1.29 is 9.59 Å². The number of hydrogen-bond donors (Lipinski definition) is 4. The van der Waals surface area contributed by atoms with E-state index < -0.39 is 0 Å². The Bertz CT molecular complexity index is 900. The number of nitrogens with one attached hydrogen (secondary N) is 3. The Balaban J connectivity index is 0.00000176. The minimum absolute atomic E-state index is 0.0211. The fourth-order valence-electron chi connectivity index (χ4n) is 3.22. The summed E-state index contributed by atoms with van der Waals surface area (Å²) in [5, 5.41) is 9.10. The van der Waals surface area contributed by atoms with E-state index in [0.29, 0.717) is 24.5 Å². The molecule has 1 amide bonds. The number of aryl methyl sites for hydroxylation is 1. The largest absolute Gasteiger partial charge is 0.355 e. The molecule has 0 saturated carbocycles. The van der Waals surface area contributed by atoms with E-state index in [1.807, 2.05) is 38.1 Å². The fraction of sp³-hybridized carbons (Fsp3) is 0.478. The summed E-state index contributed by atoms with van der Waals surface area (Å²) in [6.07, 6.45) is 3.33. The van der Waals surface area contributed by atoms with E-state index in [0.717, 1.165) is 55.0 Å². The van der Waals surface area contributed by atoms with Gasteiger partial charge in [0.15, 0.2) is 17.9 Å². The molecular formula is C23H35N7O2. The summed E-state index contributed by atoms with van der Waals surface area (Å²) in [7, 11) is 3.26. The minimum atomic E-state index is -0.218. The number of hydrogen-bond acceptors (Lipinski definition) is 8. The van der Waals surface area contributed by atoms with Crippen LogP contribution in [-0.2, 0) is 17.6 Å². The van der Waals surface area contributed by atoms with Crippen LogP contribution in [0.25, 0.3) is 0 Å². The number of carbonyl (C=O) groups excluding carboxylic acids is 2. The summed E-state index contributed by atoms with van der Waals surface area (Å²) in [5.74, 6) is 1.30. The average molecular weight is 442 g/mol. The number of rotatable bonds is 10. The van der Waals surface area contributed by atoms with Crippen molar-refractivity contribution in [3.8, 4) is 0 Å². The summed E-state index contributed by atoms with van der Waals surface area (Å²) >= 11 is 0. The summed E-state index contributed by atoms with van der Waals surface area (Å²) in [6, 6.07) is 7.67. The van der Waals surface area contributed by atoms with Gasteiger partial charge in [0, 0.05) is 25.3 Å². The SMILES string of the molecule is CCc1nc(C=O)c(Nc2cccc(CCNC(=O)C(C)NC)c2)nc1N1CCC1.CN. The Morgan fingerprint density at radius 1 is 1.28 bits per heavy atom. The van der Waals surface area contributed by atoms with Crippen LogP contribution in [-0.4, -0.2) is 61.9 Å². The van der Waals surface area contributed by atoms with E-state index in [1.54, 1.807) is 7.05 Å². The van der Waals surface area contributed by atoms with Crippen LogP contribution in [0, 0.1) is 0 Å². The predicted octanol–water partition coefficient (Wildman–Crippen LogP) is 1.65. The van der Waals surface area contributed by atoms with Crippen molar-refractivity contribution in [2.75, 3.05) is 43.9 Å². The van der Waals surface area contributed by atoms with Crippen molar-refractivity contribution in [3.63, 3.8) is 0 Å². The zero-order chi connectivity index (χ0) is 23.5. The molecular weight excluding hydrogens is 406 g/mol. The lowest BCUT2D eigenvalue weighted by Gasteiger charge is -2.33. The highest BCUT2D eigenvalue weighted by Gasteiger charge is 2.22. The molecule has 3 rings (SSSR count). The van der Waals surface area contributed by atoms with Gasteiger partial charge in [-0.1, -0.05) is 19.1 Å². The molecule has 1 unspecified atom stereocenters. The highest BCUT2D eigenvalue weighted by Crippen LogP contribution is 2.27. The molecule has 0 radical (unpaired) electrons. The highest BCUT2D eigenvalue weighted by atomic mass is 16.2. The first kappa shape index (κ1) is 25.2. The van der Waals surface area contributed by atoms with Crippen molar-refractivity contribution in [2.45, 2.75) is 39.2 Å². The van der Waals surface area contributed by atoms with Gasteiger partial charge in [-0.25, -0.2) is 9.97 Å². The number of nitrogens with zero attached hydrogens (tertiary/aromatic N) is 3. The van der Waals surface area contributed by atoms with Crippen molar-refractivity contribution >= 4 is 29.5 Å². The van der Waals surface area contributed by atoms with Gasteiger partial charge in [-0.15, -0.1) is 0 Å². The Hall–Kier alpha value is -3.04. The van der Waals surface area contributed by atoms with E-state index >= 15 is 0 Å². The van der Waals surface area contributed by atoms with Gasteiger partial charge in [-0.3, -0.25) is 9.59 Å². The van der Waals surface area contributed by atoms with Crippen LogP contribution in [0.4, 0.5) is 17.3 Å². The number of aldehydes is 1. The second kappa shape index (κ2) is 12.7. The molecule has 32 heavy (non-hydrogen) atoms. The average Bonchev–Trinajstić information content (AvgIpc) is 2.79. The van der Waals surface area contributed by atoms with E-state index in [9.17, 15) is 9.59 Å². The molecule has 1 aromatic carbocycles. The summed E-state index contributed by atoms with van der Waals surface area (Å²) in [5.41, 5.74) is 7.57. The van der Waals surface area contributed by atoms with Crippen LogP contribution >= 0.6 is 0 Å². The first-order chi connectivity index (χ1) is 15.5. The fourth-order valence-corrected chi connectivity index (χ4v) is 3.22. The molecule has 1 saturated heterocycles. The van der Waals surface area contributed by atoms with Crippen LogP contribution in [0.1, 0.15) is 42.0 Å². The van der Waals surface area contributed by atoms with Gasteiger partial charge in [0.05, 0.1) is 11.7 Å². The normalized spacial score (nSPS) is 13.3. The maximum absolute atomic E-state index is 11.9. The lowest BCUT2D eigenvalue weighted by molar-refractivity contribution is -0.122. The van der Waals surface area contributed by atoms with Gasteiger partial charge < -0.3 is 26.6 Å². The van der Waals surface area contributed by atoms with E-state index in [4.69, 9.17) is 4.98 Å². The predicted molar refractivity (Wildman–Crippen MR) is 129 cm³/mol. The molecule has 1 aromatic heterocycles. The number of likely N-dealkylation sites (N-methyl/N-ethyl adjacent to an activating group) is 1. The number of nitrogens with two attached hydrogens (primary N) is 1. The second-order valence-corrected chi connectivity index (χ2v) is 7.42. The molecule has 9 nitrogen and oxygen atoms in total. The molecule has 9 heteroatoms. The molecule has 5 N–H and O–H groups in total. The summed E-state index contributed by atoms with van der Waals surface area (Å²) in [4.78, 5) is 34.9. The third-order valence-electron chi connectivity index (χ3n) is 5.30. The number of anilines is 3. The van der Waals surface area contributed by atoms with Gasteiger partial charge in [0.2, 0.25) is 5.91 Å². The van der Waals surface area contributed by atoms with Crippen molar-refractivity contribution in [1.29, 1.82) is 0 Å². The summed E-state index contributed by atoms with van der Waals surface area (Å²) in [6.45, 7) is 6.33. The first-order valence-electron chi connectivity index (χ1n) is 11.1. The van der Waals surface area contributed by atoms with Crippen molar-refractivity contribution in [2.24, 2.45) is 5.73 Å². The quantitative estimate of drug-likeness (QED) is 0.410. The summed E-state index contributed by atoms with van der Waals surface area (Å²) < 4.78 is 0. The molecule has 2 aromatic rings. The Morgan fingerprint density at radius 2 is 2.03 bits per heavy atom. The maximum Gasteiger partial charge on any atom is 0.236 e. The van der Waals surface area contributed by atoms with Crippen LogP contribution in [0.3, 0.4) is 0 Å².